The van der Waals surface area contributed by atoms with Gasteiger partial charge in [0.15, 0.2) is 0 Å². The number of methoxy groups -OCH3 is 1. The van der Waals surface area contributed by atoms with Gasteiger partial charge in [-0.2, -0.15) is 11.3 Å². The maximum atomic E-state index is 11.4. The molecule has 1 aromatic carbocycles. The first-order chi connectivity index (χ1) is 11.7. The van der Waals surface area contributed by atoms with E-state index in [4.69, 9.17) is 9.47 Å². The largest absolute Gasteiger partial charge is 0.489 e. The van der Waals surface area contributed by atoms with E-state index in [0.29, 0.717) is 23.8 Å². The molecule has 24 heavy (non-hydrogen) atoms. The van der Waals surface area contributed by atoms with Crippen molar-refractivity contribution in [2.45, 2.75) is 6.61 Å². The fourth-order valence-corrected chi connectivity index (χ4v) is 2.60. The summed E-state index contributed by atoms with van der Waals surface area (Å²) in [6.45, 7) is 0.542. The minimum Gasteiger partial charge on any atom is -0.489 e. The van der Waals surface area contributed by atoms with Gasteiger partial charge < -0.3 is 14.2 Å². The van der Waals surface area contributed by atoms with Crippen LogP contribution in [0.2, 0.25) is 0 Å². The zero-order valence-electron chi connectivity index (χ0n) is 13.0. The first-order valence-electron chi connectivity index (χ1n) is 7.21. The Morgan fingerprint density at radius 3 is 2.50 bits per heavy atom. The molecule has 0 saturated heterocycles. The number of carbonyl (C=O) groups excluding carboxylic acids is 1. The van der Waals surface area contributed by atoms with Crippen LogP contribution in [0.4, 0.5) is 0 Å². The third kappa shape index (κ3) is 4.11. The molecule has 0 amide bonds. The van der Waals surface area contributed by atoms with Crippen molar-refractivity contribution in [2.75, 3.05) is 7.11 Å². The number of benzene rings is 1. The molecule has 0 N–H and O–H groups in total. The minimum absolute atomic E-state index is 0.377. The maximum Gasteiger partial charge on any atom is 0.339 e. The Kier molecular flexibility index (Phi) is 5.08. The number of rotatable bonds is 6. The van der Waals surface area contributed by atoms with Crippen molar-refractivity contribution >= 4 is 17.3 Å². The van der Waals surface area contributed by atoms with E-state index in [1.807, 2.05) is 23.6 Å². The summed E-state index contributed by atoms with van der Waals surface area (Å²) in [4.78, 5) is 15.4. The highest BCUT2D eigenvalue weighted by Crippen LogP contribution is 2.23. The van der Waals surface area contributed by atoms with Gasteiger partial charge in [-0.05, 0) is 52.7 Å². The van der Waals surface area contributed by atoms with Gasteiger partial charge in [-0.25, -0.2) is 9.78 Å². The van der Waals surface area contributed by atoms with Crippen LogP contribution < -0.4 is 9.47 Å². The first kappa shape index (κ1) is 16.0. The van der Waals surface area contributed by atoms with Crippen LogP contribution in [0.1, 0.15) is 15.9 Å². The number of carbonyl (C=O) groups is 1. The Balaban J connectivity index is 1.58. The van der Waals surface area contributed by atoms with Crippen molar-refractivity contribution in [2.24, 2.45) is 0 Å². The van der Waals surface area contributed by atoms with E-state index in [1.165, 1.54) is 13.3 Å². The van der Waals surface area contributed by atoms with Crippen LogP contribution in [0, 0.1) is 0 Å². The Labute approximate surface area is 143 Å². The highest BCUT2D eigenvalue weighted by atomic mass is 32.1. The van der Waals surface area contributed by atoms with Gasteiger partial charge in [0.05, 0.1) is 12.7 Å². The van der Waals surface area contributed by atoms with E-state index in [9.17, 15) is 4.79 Å². The third-order valence-corrected chi connectivity index (χ3v) is 3.92. The van der Waals surface area contributed by atoms with Crippen LogP contribution in [-0.4, -0.2) is 18.1 Å². The van der Waals surface area contributed by atoms with Crippen molar-refractivity contribution < 1.29 is 19.0 Å². The molecule has 122 valence electrons. The number of ether oxygens (including phenoxy) is 3. The Morgan fingerprint density at radius 1 is 1.08 bits per heavy atom. The molecule has 2 heterocycles. The summed E-state index contributed by atoms with van der Waals surface area (Å²) in [5, 5.41) is 4.08. The molecule has 3 rings (SSSR count). The van der Waals surface area contributed by atoms with E-state index in [2.05, 4.69) is 15.1 Å². The maximum absolute atomic E-state index is 11.4. The van der Waals surface area contributed by atoms with Crippen molar-refractivity contribution in [1.82, 2.24) is 4.98 Å². The van der Waals surface area contributed by atoms with Crippen molar-refractivity contribution in [3.63, 3.8) is 0 Å². The molecule has 5 nitrogen and oxygen atoms in total. The SMILES string of the molecule is COC(=O)c1ccc(Oc2ccc(OCc3ccsc3)cc2)nc1. The number of esters is 1. The Hall–Kier alpha value is -2.86. The van der Waals surface area contributed by atoms with Gasteiger partial charge in [-0.15, -0.1) is 0 Å². The van der Waals surface area contributed by atoms with Gasteiger partial charge in [0.25, 0.3) is 0 Å². The highest BCUT2D eigenvalue weighted by molar-refractivity contribution is 7.07. The van der Waals surface area contributed by atoms with Gasteiger partial charge in [0, 0.05) is 12.3 Å². The molecule has 0 bridgehead atoms. The van der Waals surface area contributed by atoms with Crippen LogP contribution in [0.25, 0.3) is 0 Å². The zero-order valence-corrected chi connectivity index (χ0v) is 13.8. The zero-order chi connectivity index (χ0) is 16.8. The van der Waals surface area contributed by atoms with E-state index in [-0.39, 0.29) is 0 Å². The highest BCUT2D eigenvalue weighted by Gasteiger charge is 2.06. The number of hydrogen-bond acceptors (Lipinski definition) is 6. The average Bonchev–Trinajstić information content (AvgIpc) is 3.15. The molecule has 2 aromatic heterocycles. The lowest BCUT2D eigenvalue weighted by molar-refractivity contribution is 0.0600. The fourth-order valence-electron chi connectivity index (χ4n) is 1.95. The summed E-state index contributed by atoms with van der Waals surface area (Å²) in [5.74, 6) is 1.37. The quantitative estimate of drug-likeness (QED) is 0.626. The number of hydrogen-bond donors (Lipinski definition) is 0. The third-order valence-electron chi connectivity index (χ3n) is 3.19. The summed E-state index contributed by atoms with van der Waals surface area (Å²) in [7, 11) is 1.33. The van der Waals surface area contributed by atoms with E-state index < -0.39 is 5.97 Å². The predicted molar refractivity (Wildman–Crippen MR) is 90.7 cm³/mol. The molecule has 0 aliphatic heterocycles. The van der Waals surface area contributed by atoms with Gasteiger partial charge in [0.2, 0.25) is 5.88 Å². The van der Waals surface area contributed by atoms with Gasteiger partial charge in [-0.3, -0.25) is 0 Å². The number of pyridine rings is 1. The molecule has 0 atom stereocenters. The molecule has 0 saturated carbocycles. The Bertz CT molecular complexity index is 783. The standard InChI is InChI=1S/C18H15NO4S/c1-21-18(20)14-2-7-17(19-10-14)23-16-5-3-15(4-6-16)22-11-13-8-9-24-12-13/h2-10,12H,11H2,1H3. The molecule has 6 heteroatoms. The van der Waals surface area contributed by atoms with Crippen molar-refractivity contribution in [3.8, 4) is 17.4 Å². The summed E-state index contributed by atoms with van der Waals surface area (Å²) in [5.41, 5.74) is 1.53. The second-order valence-electron chi connectivity index (χ2n) is 4.87. The van der Waals surface area contributed by atoms with Crippen LogP contribution >= 0.6 is 11.3 Å². The number of aromatic nitrogens is 1. The molecular formula is C18H15NO4S. The number of nitrogens with zero attached hydrogens (tertiary/aromatic N) is 1. The number of thiophene rings is 1. The van der Waals surface area contributed by atoms with Crippen molar-refractivity contribution in [3.05, 3.63) is 70.5 Å². The minimum atomic E-state index is -0.429. The lowest BCUT2D eigenvalue weighted by atomic mass is 10.3. The molecule has 3 aromatic rings. The summed E-state index contributed by atoms with van der Waals surface area (Å²) >= 11 is 1.65. The molecule has 0 unspecified atom stereocenters. The Morgan fingerprint density at radius 2 is 1.88 bits per heavy atom. The van der Waals surface area contributed by atoms with Crippen LogP contribution in [0.3, 0.4) is 0 Å². The second-order valence-corrected chi connectivity index (χ2v) is 5.65. The van der Waals surface area contributed by atoms with Crippen LogP contribution in [-0.2, 0) is 11.3 Å². The summed E-state index contributed by atoms with van der Waals surface area (Å²) in [6, 6.07) is 12.5. The molecule has 0 spiro atoms. The topological polar surface area (TPSA) is 57.7 Å². The first-order valence-corrected chi connectivity index (χ1v) is 8.15. The summed E-state index contributed by atoms with van der Waals surface area (Å²) in [6.07, 6.45) is 1.42. The average molecular weight is 341 g/mol. The fraction of sp³-hybridized carbons (Fsp3) is 0.111. The van der Waals surface area contributed by atoms with Gasteiger partial charge in [0.1, 0.15) is 18.1 Å². The normalized spacial score (nSPS) is 10.2. The molecule has 0 aliphatic carbocycles. The van der Waals surface area contributed by atoms with Gasteiger partial charge >= 0.3 is 5.97 Å². The van der Waals surface area contributed by atoms with E-state index in [1.54, 1.807) is 35.6 Å². The van der Waals surface area contributed by atoms with Crippen LogP contribution in [0.15, 0.2) is 59.4 Å². The lowest BCUT2D eigenvalue weighted by Crippen LogP contribution is -2.01. The molecular weight excluding hydrogens is 326 g/mol. The lowest BCUT2D eigenvalue weighted by Gasteiger charge is -2.08. The molecule has 0 radical (unpaired) electrons. The molecule has 0 aliphatic rings. The van der Waals surface area contributed by atoms with Gasteiger partial charge in [-0.1, -0.05) is 0 Å². The second kappa shape index (κ2) is 7.61. The van der Waals surface area contributed by atoms with Crippen molar-refractivity contribution in [1.29, 1.82) is 0 Å². The summed E-state index contributed by atoms with van der Waals surface area (Å²) < 4.78 is 16.0. The predicted octanol–water partition coefficient (Wildman–Crippen LogP) is 4.30. The monoisotopic (exact) mass is 341 g/mol. The van der Waals surface area contributed by atoms with E-state index >= 15 is 0 Å². The van der Waals surface area contributed by atoms with E-state index in [0.717, 1.165) is 11.3 Å². The molecule has 0 fully saturated rings. The smallest absolute Gasteiger partial charge is 0.339 e. The van der Waals surface area contributed by atoms with Crippen LogP contribution in [0.5, 0.6) is 17.4 Å².